The maximum atomic E-state index is 14.3. The maximum absolute atomic E-state index is 14.3. The summed E-state index contributed by atoms with van der Waals surface area (Å²) in [7, 11) is -4.40. The number of para-hydroxylation sites is 1. The molecule has 63 heavy (non-hydrogen) atoms. The molecule has 2 aromatic carbocycles. The van der Waals surface area contributed by atoms with Crippen LogP contribution in [-0.4, -0.2) is 88.6 Å². The molecule has 1 aromatic heterocycles. The van der Waals surface area contributed by atoms with Crippen molar-refractivity contribution in [1.29, 1.82) is 0 Å². The lowest BCUT2D eigenvalue weighted by molar-refractivity contribution is -0.438. The molecule has 3 heterocycles. The first kappa shape index (κ1) is 48.3. The zero-order chi connectivity index (χ0) is 46.1. The smallest absolute Gasteiger partial charge is 0.326 e. The van der Waals surface area contributed by atoms with Crippen molar-refractivity contribution in [3.05, 3.63) is 102 Å². The number of hydrogen-bond donors (Lipinski definition) is 6. The molecular formula is C47H62N5O10S+. The first-order chi connectivity index (χ1) is 29.8. The van der Waals surface area contributed by atoms with Gasteiger partial charge in [0.05, 0.1) is 16.6 Å². The minimum atomic E-state index is -4.40. The molecule has 3 atom stereocenters. The van der Waals surface area contributed by atoms with Crippen molar-refractivity contribution >= 4 is 51.1 Å². The van der Waals surface area contributed by atoms with Crippen molar-refractivity contribution in [3.8, 4) is 0 Å². The average Bonchev–Trinajstić information content (AvgIpc) is 3.88. The highest BCUT2D eigenvalue weighted by Gasteiger charge is 2.46. The van der Waals surface area contributed by atoms with E-state index in [0.29, 0.717) is 25.0 Å². The fraction of sp³-hybridized carbons (Fsp3) is 0.468. The Hall–Kier alpha value is -5.74. The second-order valence-corrected chi connectivity index (χ2v) is 18.6. The summed E-state index contributed by atoms with van der Waals surface area (Å²) in [4.78, 5) is 52.7. The van der Waals surface area contributed by atoms with Crippen LogP contribution < -0.4 is 20.9 Å². The molecule has 0 fully saturated rings. The number of unbranched alkanes of at least 4 members (excludes halogenated alkanes) is 3. The van der Waals surface area contributed by atoms with Crippen LogP contribution in [-0.2, 0) is 41.8 Å². The number of nitrogens with zero attached hydrogens (tertiary/aromatic N) is 2. The van der Waals surface area contributed by atoms with Crippen LogP contribution >= 0.6 is 0 Å². The minimum absolute atomic E-state index is 0.0547. The molecule has 16 heteroatoms. The number of carbonyl (C=O) groups is 4. The van der Waals surface area contributed by atoms with Crippen molar-refractivity contribution < 1.29 is 51.4 Å². The van der Waals surface area contributed by atoms with E-state index < -0.39 is 57.0 Å². The Morgan fingerprint density at radius 2 is 1.54 bits per heavy atom. The van der Waals surface area contributed by atoms with Crippen molar-refractivity contribution in [1.82, 2.24) is 16.0 Å². The van der Waals surface area contributed by atoms with Gasteiger partial charge in [-0.2, -0.15) is 13.0 Å². The predicted molar refractivity (Wildman–Crippen MR) is 240 cm³/mol. The Kier molecular flexibility index (Phi) is 15.8. The number of hydrogen-bond acceptors (Lipinski definition) is 8. The fourth-order valence-electron chi connectivity index (χ4n) is 8.53. The van der Waals surface area contributed by atoms with Gasteiger partial charge in [0.25, 0.3) is 10.1 Å². The number of furan rings is 1. The van der Waals surface area contributed by atoms with Crippen LogP contribution in [0.3, 0.4) is 0 Å². The van der Waals surface area contributed by atoms with E-state index in [1.165, 1.54) is 12.3 Å². The van der Waals surface area contributed by atoms with Gasteiger partial charge in [-0.3, -0.25) is 9.35 Å². The van der Waals surface area contributed by atoms with Crippen molar-refractivity contribution in [2.24, 2.45) is 0 Å². The van der Waals surface area contributed by atoms with Gasteiger partial charge in [0.1, 0.15) is 30.4 Å². The van der Waals surface area contributed by atoms with Gasteiger partial charge in [-0.1, -0.05) is 71.2 Å². The van der Waals surface area contributed by atoms with E-state index in [1.54, 1.807) is 24.3 Å². The largest absolute Gasteiger partial charge is 0.480 e. The Labute approximate surface area is 370 Å². The summed E-state index contributed by atoms with van der Waals surface area (Å²) in [6.07, 6.45) is 12.3. The first-order valence-corrected chi connectivity index (χ1v) is 23.1. The number of urea groups is 1. The molecular weight excluding hydrogens is 827 g/mol. The van der Waals surface area contributed by atoms with Gasteiger partial charge >= 0.3 is 18.0 Å². The zero-order valence-electron chi connectivity index (χ0n) is 37.0. The van der Waals surface area contributed by atoms with Gasteiger partial charge in [0.15, 0.2) is 5.71 Å². The Morgan fingerprint density at radius 1 is 0.841 bits per heavy atom. The van der Waals surface area contributed by atoms with Gasteiger partial charge in [-0.15, -0.1) is 0 Å². The molecule has 0 saturated carbocycles. The van der Waals surface area contributed by atoms with Crippen molar-refractivity contribution in [2.45, 2.75) is 133 Å². The monoisotopic (exact) mass is 888 g/mol. The number of benzene rings is 2. The van der Waals surface area contributed by atoms with E-state index in [1.807, 2.05) is 38.1 Å². The third-order valence-electron chi connectivity index (χ3n) is 12.0. The van der Waals surface area contributed by atoms with Gasteiger partial charge in [-0.25, -0.2) is 14.4 Å². The number of carboxylic acids is 2. The molecule has 0 spiro atoms. The van der Waals surface area contributed by atoms with E-state index in [0.717, 1.165) is 66.1 Å². The van der Waals surface area contributed by atoms with Gasteiger partial charge in [0, 0.05) is 53.9 Å². The summed E-state index contributed by atoms with van der Waals surface area (Å²) in [5.74, 6) is -2.38. The average molecular weight is 889 g/mol. The highest BCUT2D eigenvalue weighted by atomic mass is 32.2. The normalized spacial score (nSPS) is 17.3. The molecule has 15 nitrogen and oxygen atoms in total. The van der Waals surface area contributed by atoms with Crippen LogP contribution in [0.1, 0.15) is 110 Å². The van der Waals surface area contributed by atoms with E-state index in [9.17, 15) is 42.4 Å². The molecule has 2 aliphatic rings. The number of carboxylic acid groups (broad SMARTS) is 2. The molecule has 0 bridgehead atoms. The molecule has 3 amide bonds. The third-order valence-corrected chi connectivity index (χ3v) is 12.8. The zero-order valence-corrected chi connectivity index (χ0v) is 37.8. The van der Waals surface area contributed by atoms with Gasteiger partial charge in [-0.05, 0) is 81.5 Å². The fourth-order valence-corrected chi connectivity index (χ4v) is 9.04. The summed E-state index contributed by atoms with van der Waals surface area (Å²) < 4.78 is 41.5. The Morgan fingerprint density at radius 3 is 2.19 bits per heavy atom. The number of carbonyl (C=O) groups excluding carboxylic acids is 2. The molecule has 0 saturated heterocycles. The number of aliphatic carboxylic acids is 2. The summed E-state index contributed by atoms with van der Waals surface area (Å²) in [6.45, 7) is 13.5. The van der Waals surface area contributed by atoms with E-state index in [-0.39, 0.29) is 30.2 Å². The minimum Gasteiger partial charge on any atom is -0.480 e. The molecule has 2 aliphatic heterocycles. The Bertz CT molecular complexity index is 2350. The van der Waals surface area contributed by atoms with Crippen LogP contribution in [0.2, 0.25) is 0 Å². The second kappa shape index (κ2) is 20.6. The molecule has 0 radical (unpaired) electrons. The molecule has 340 valence electrons. The highest BCUT2D eigenvalue weighted by Crippen LogP contribution is 2.49. The predicted octanol–water partition coefficient (Wildman–Crippen LogP) is 7.23. The molecule has 3 aromatic rings. The quantitative estimate of drug-likeness (QED) is 0.0336. The van der Waals surface area contributed by atoms with E-state index in [2.05, 4.69) is 71.3 Å². The van der Waals surface area contributed by atoms with E-state index >= 15 is 0 Å². The lowest BCUT2D eigenvalue weighted by Gasteiger charge is -2.33. The summed E-state index contributed by atoms with van der Waals surface area (Å²) in [5, 5.41) is 27.2. The highest BCUT2D eigenvalue weighted by molar-refractivity contribution is 7.85. The maximum Gasteiger partial charge on any atom is 0.326 e. The van der Waals surface area contributed by atoms with Crippen molar-refractivity contribution in [2.75, 3.05) is 18.0 Å². The lowest BCUT2D eigenvalue weighted by atomic mass is 9.81. The van der Waals surface area contributed by atoms with Crippen LogP contribution in [0, 0.1) is 0 Å². The second-order valence-electron chi connectivity index (χ2n) is 17.2. The topological polar surface area (TPSA) is 219 Å². The number of allylic oxidation sites excluding steroid dienone is 4. The summed E-state index contributed by atoms with van der Waals surface area (Å²) in [5.41, 5.74) is 4.55. The van der Waals surface area contributed by atoms with Gasteiger partial charge in [0.2, 0.25) is 11.6 Å². The molecule has 3 unspecified atom stereocenters. The number of rotatable bonds is 22. The third kappa shape index (κ3) is 11.3. The SMILES string of the molecule is CCCCC(C(=O)NCCCCC(NC(=O)NC(Cc1ccco1)C(=O)O)C(=O)O)N1C(=CC=CC2=[N+](CCCC)c3ccc(S(=O)(=O)O)cc3C2(C)C)C(C)(C)c2ccccc21. The van der Waals surface area contributed by atoms with Crippen LogP contribution in [0.4, 0.5) is 16.2 Å². The molecule has 0 aliphatic carbocycles. The summed E-state index contributed by atoms with van der Waals surface area (Å²) in [6, 6.07) is 11.9. The molecule has 6 N–H and O–H groups in total. The van der Waals surface area contributed by atoms with E-state index in [4.69, 9.17) is 4.42 Å². The van der Waals surface area contributed by atoms with Gasteiger partial charge < -0.3 is 35.5 Å². The van der Waals surface area contributed by atoms with Crippen LogP contribution in [0.5, 0.6) is 0 Å². The van der Waals surface area contributed by atoms with Crippen molar-refractivity contribution in [3.63, 3.8) is 0 Å². The summed E-state index contributed by atoms with van der Waals surface area (Å²) >= 11 is 0. The van der Waals surface area contributed by atoms with Crippen LogP contribution in [0.25, 0.3) is 0 Å². The van der Waals surface area contributed by atoms with Crippen LogP contribution in [0.15, 0.2) is 94.1 Å². The Balaban J connectivity index is 1.33. The standard InChI is InChI=1S/C47H61N5O10S/c1-7-9-20-39(42(53)48-26-14-13-19-35(43(54)55)49-45(58)50-36(44(56)57)29-31-17-16-28-62-31)52-38-21-12-11-18-33(38)46(3,4)41(52)23-15-22-40-47(5,6)34-30-32(63(59,60)61)24-25-37(34)51(40)27-10-8-2/h11-12,15-18,21-25,28,30,35-36,39H,7-10,13-14,19-20,26-27,29H2,1-6H3,(H5-,48,49,50,53,54,55,56,57,58,59,60,61)/p+1. The first-order valence-electron chi connectivity index (χ1n) is 21.7. The lowest BCUT2D eigenvalue weighted by Crippen LogP contribution is -2.51. The number of nitrogens with one attached hydrogen (secondary N) is 3. The molecule has 5 rings (SSSR count). The number of amides is 3. The number of anilines is 1. The number of fused-ring (bicyclic) bond motifs is 2.